The predicted molar refractivity (Wildman–Crippen MR) is 141 cm³/mol. The Morgan fingerprint density at radius 1 is 1.03 bits per heavy atom. The van der Waals surface area contributed by atoms with Crippen molar-refractivity contribution in [1.29, 1.82) is 0 Å². The molecule has 196 valence electrons. The van der Waals surface area contributed by atoms with Crippen molar-refractivity contribution in [1.82, 2.24) is 20.3 Å². The van der Waals surface area contributed by atoms with Crippen LogP contribution in [0, 0.1) is 6.92 Å². The molecular weight excluding hydrogens is 492 g/mol. The van der Waals surface area contributed by atoms with E-state index in [9.17, 15) is 13.2 Å². The van der Waals surface area contributed by atoms with E-state index in [0.717, 1.165) is 37.2 Å². The molecule has 1 aliphatic rings. The molecule has 0 aliphatic heterocycles. The molecule has 37 heavy (non-hydrogen) atoms. The minimum atomic E-state index is -4.02. The number of aryl methyl sites for hydroxylation is 1. The first kappa shape index (κ1) is 26.3. The summed E-state index contributed by atoms with van der Waals surface area (Å²) >= 11 is 0. The van der Waals surface area contributed by atoms with Crippen molar-refractivity contribution in [2.24, 2.45) is 0 Å². The second-order valence-corrected chi connectivity index (χ2v) is 11.2. The van der Waals surface area contributed by atoms with Gasteiger partial charge in [0.15, 0.2) is 5.03 Å². The molecule has 1 aromatic carbocycles. The number of rotatable bonds is 8. The van der Waals surface area contributed by atoms with Gasteiger partial charge in [0.25, 0.3) is 5.91 Å². The minimum Gasteiger partial charge on any atom is -0.497 e. The molecule has 4 rings (SSSR count). The van der Waals surface area contributed by atoms with E-state index in [4.69, 9.17) is 4.74 Å². The van der Waals surface area contributed by atoms with Crippen molar-refractivity contribution in [3.05, 3.63) is 59.9 Å². The SMILES string of the molecule is COc1cccc(S(=O)(=O)c2ncccc2C(=O)NC2CCC(Nc3nc(C)cc(N(C)C)n3)CC2)c1. The fourth-order valence-electron chi connectivity index (χ4n) is 4.33. The Labute approximate surface area is 217 Å². The molecule has 0 unspecified atom stereocenters. The van der Waals surface area contributed by atoms with Crippen LogP contribution in [-0.2, 0) is 9.84 Å². The lowest BCUT2D eigenvalue weighted by Gasteiger charge is -2.30. The summed E-state index contributed by atoms with van der Waals surface area (Å²) in [5.74, 6) is 1.39. The highest BCUT2D eigenvalue weighted by Gasteiger charge is 2.29. The number of sulfone groups is 1. The monoisotopic (exact) mass is 524 g/mol. The number of nitrogens with zero attached hydrogens (tertiary/aromatic N) is 4. The average Bonchev–Trinajstić information content (AvgIpc) is 2.89. The molecule has 10 nitrogen and oxygen atoms in total. The molecule has 2 N–H and O–H groups in total. The summed E-state index contributed by atoms with van der Waals surface area (Å²) in [5.41, 5.74) is 0.910. The van der Waals surface area contributed by atoms with Crippen LogP contribution in [0.4, 0.5) is 11.8 Å². The van der Waals surface area contributed by atoms with Crippen molar-refractivity contribution < 1.29 is 17.9 Å². The second-order valence-electron chi connectivity index (χ2n) is 9.29. The number of hydrogen-bond donors (Lipinski definition) is 2. The summed E-state index contributed by atoms with van der Waals surface area (Å²) in [7, 11) is 1.32. The van der Waals surface area contributed by atoms with Crippen LogP contribution in [0.5, 0.6) is 5.75 Å². The van der Waals surface area contributed by atoms with E-state index in [2.05, 4.69) is 25.6 Å². The highest BCUT2D eigenvalue weighted by atomic mass is 32.2. The molecule has 0 radical (unpaired) electrons. The molecule has 1 saturated carbocycles. The van der Waals surface area contributed by atoms with E-state index in [1.165, 1.54) is 31.5 Å². The molecule has 0 atom stereocenters. The maximum absolute atomic E-state index is 13.3. The number of ether oxygens (including phenoxy) is 1. The van der Waals surface area contributed by atoms with Crippen molar-refractivity contribution in [3.63, 3.8) is 0 Å². The van der Waals surface area contributed by atoms with Gasteiger partial charge in [0.05, 0.1) is 17.6 Å². The van der Waals surface area contributed by atoms with Gasteiger partial charge in [-0.15, -0.1) is 0 Å². The number of carbonyl (C=O) groups excluding carboxylic acids is 1. The Bertz CT molecular complexity index is 1370. The van der Waals surface area contributed by atoms with E-state index in [0.29, 0.717) is 11.7 Å². The Balaban J connectivity index is 1.42. The maximum Gasteiger partial charge on any atom is 0.254 e. The van der Waals surface area contributed by atoms with Crippen LogP contribution in [0.25, 0.3) is 0 Å². The smallest absolute Gasteiger partial charge is 0.254 e. The molecule has 0 spiro atoms. The van der Waals surface area contributed by atoms with Crippen LogP contribution in [0.1, 0.15) is 41.7 Å². The molecular formula is C26H32N6O4S. The number of benzene rings is 1. The summed E-state index contributed by atoms with van der Waals surface area (Å²) in [6.45, 7) is 1.94. The predicted octanol–water partition coefficient (Wildman–Crippen LogP) is 3.24. The quantitative estimate of drug-likeness (QED) is 0.457. The van der Waals surface area contributed by atoms with Gasteiger partial charge in [-0.1, -0.05) is 6.07 Å². The second kappa shape index (κ2) is 11.1. The molecule has 1 aliphatic carbocycles. The number of aromatic nitrogens is 3. The summed E-state index contributed by atoms with van der Waals surface area (Å²) in [5, 5.41) is 6.15. The number of amides is 1. The van der Waals surface area contributed by atoms with E-state index >= 15 is 0 Å². The summed E-state index contributed by atoms with van der Waals surface area (Å²) < 4.78 is 31.8. The highest BCUT2D eigenvalue weighted by molar-refractivity contribution is 7.91. The molecule has 2 heterocycles. The van der Waals surface area contributed by atoms with Crippen molar-refractivity contribution >= 4 is 27.5 Å². The largest absolute Gasteiger partial charge is 0.497 e. The Kier molecular flexibility index (Phi) is 7.91. The van der Waals surface area contributed by atoms with Crippen LogP contribution >= 0.6 is 0 Å². The zero-order valence-electron chi connectivity index (χ0n) is 21.4. The average molecular weight is 525 g/mol. The third-order valence-electron chi connectivity index (χ3n) is 6.32. The number of methoxy groups -OCH3 is 1. The van der Waals surface area contributed by atoms with Gasteiger partial charge in [-0.3, -0.25) is 4.79 Å². The number of carbonyl (C=O) groups is 1. The summed E-state index contributed by atoms with van der Waals surface area (Å²) in [6.07, 6.45) is 4.50. The third-order valence-corrected chi connectivity index (χ3v) is 8.03. The zero-order chi connectivity index (χ0) is 26.6. The fraction of sp³-hybridized carbons (Fsp3) is 0.385. The first-order chi connectivity index (χ1) is 17.7. The van der Waals surface area contributed by atoms with Gasteiger partial charge in [0, 0.05) is 44.1 Å². The van der Waals surface area contributed by atoms with E-state index < -0.39 is 15.7 Å². The molecule has 1 fully saturated rings. The van der Waals surface area contributed by atoms with Crippen LogP contribution in [-0.4, -0.2) is 62.6 Å². The highest BCUT2D eigenvalue weighted by Crippen LogP contribution is 2.26. The number of pyridine rings is 1. The van der Waals surface area contributed by atoms with E-state index in [1.807, 2.05) is 32.0 Å². The lowest BCUT2D eigenvalue weighted by molar-refractivity contribution is 0.0922. The molecule has 0 saturated heterocycles. The Hall–Kier alpha value is -3.73. The standard InChI is InChI=1S/C26H32N6O4S/c1-17-15-23(32(2)3)31-26(28-17)30-19-12-10-18(11-13-19)29-24(33)22-9-6-14-27-25(22)37(34,35)21-8-5-7-20(16-21)36-4/h5-9,14-16,18-19H,10-13H2,1-4H3,(H,29,33)(H,28,30,31). The van der Waals surface area contributed by atoms with Gasteiger partial charge >= 0.3 is 0 Å². The molecule has 3 aromatic rings. The summed E-state index contributed by atoms with van der Waals surface area (Å²) in [4.78, 5) is 28.2. The Morgan fingerprint density at radius 2 is 1.76 bits per heavy atom. The van der Waals surface area contributed by atoms with E-state index in [1.54, 1.807) is 18.2 Å². The summed E-state index contributed by atoms with van der Waals surface area (Å²) in [6, 6.07) is 11.2. The molecule has 1 amide bonds. The topological polar surface area (TPSA) is 126 Å². The number of hydrogen-bond acceptors (Lipinski definition) is 9. The normalized spacial score (nSPS) is 17.6. The van der Waals surface area contributed by atoms with E-state index in [-0.39, 0.29) is 27.6 Å². The molecule has 11 heteroatoms. The zero-order valence-corrected chi connectivity index (χ0v) is 22.2. The fourth-order valence-corrected chi connectivity index (χ4v) is 5.73. The van der Waals surface area contributed by atoms with Crippen LogP contribution < -0.4 is 20.3 Å². The van der Waals surface area contributed by atoms with Gasteiger partial charge < -0.3 is 20.3 Å². The molecule has 2 aromatic heterocycles. The number of anilines is 2. The van der Waals surface area contributed by atoms with Crippen LogP contribution in [0.15, 0.2) is 58.6 Å². The van der Waals surface area contributed by atoms with Crippen molar-refractivity contribution in [2.45, 2.75) is 54.6 Å². The minimum absolute atomic E-state index is 0.0157. The first-order valence-electron chi connectivity index (χ1n) is 12.1. The van der Waals surface area contributed by atoms with Gasteiger partial charge in [-0.05, 0) is 62.9 Å². The van der Waals surface area contributed by atoms with Gasteiger partial charge in [-0.2, -0.15) is 4.98 Å². The molecule has 0 bridgehead atoms. The Morgan fingerprint density at radius 3 is 2.46 bits per heavy atom. The first-order valence-corrected chi connectivity index (χ1v) is 13.6. The lowest BCUT2D eigenvalue weighted by atomic mass is 9.91. The van der Waals surface area contributed by atoms with Crippen molar-refractivity contribution in [3.8, 4) is 5.75 Å². The van der Waals surface area contributed by atoms with Gasteiger partial charge in [-0.25, -0.2) is 18.4 Å². The third kappa shape index (κ3) is 6.16. The lowest BCUT2D eigenvalue weighted by Crippen LogP contribution is -2.40. The maximum atomic E-state index is 13.3. The van der Waals surface area contributed by atoms with Crippen LogP contribution in [0.2, 0.25) is 0 Å². The van der Waals surface area contributed by atoms with Crippen molar-refractivity contribution in [2.75, 3.05) is 31.4 Å². The van der Waals surface area contributed by atoms with Crippen LogP contribution in [0.3, 0.4) is 0 Å². The number of nitrogens with one attached hydrogen (secondary N) is 2. The van der Waals surface area contributed by atoms with Gasteiger partial charge in [0.2, 0.25) is 15.8 Å². The van der Waals surface area contributed by atoms with Gasteiger partial charge in [0.1, 0.15) is 11.6 Å².